The van der Waals surface area contributed by atoms with E-state index >= 15 is 0 Å². The number of hydrogen-bond donors (Lipinski definition) is 1. The van der Waals surface area contributed by atoms with E-state index in [4.69, 9.17) is 0 Å². The zero-order valence-electron chi connectivity index (χ0n) is 21.0. The maximum Gasteiger partial charge on any atom is 0.273 e. The topological polar surface area (TPSA) is 75.5 Å². The van der Waals surface area contributed by atoms with Crippen LogP contribution in [0.1, 0.15) is 32.6 Å². The van der Waals surface area contributed by atoms with Crippen molar-refractivity contribution in [3.63, 3.8) is 0 Å². The van der Waals surface area contributed by atoms with Gasteiger partial charge in [-0.25, -0.2) is 0 Å². The molecule has 4 aromatic carbocycles. The maximum atomic E-state index is 13.1. The lowest BCUT2D eigenvalue weighted by Crippen LogP contribution is -2.31. The molecule has 0 bridgehead atoms. The van der Waals surface area contributed by atoms with E-state index in [1.165, 1.54) is 17.2 Å². The van der Waals surface area contributed by atoms with Gasteiger partial charge in [0.2, 0.25) is 0 Å². The van der Waals surface area contributed by atoms with Gasteiger partial charge in [0, 0.05) is 42.5 Å². The van der Waals surface area contributed by atoms with Crippen molar-refractivity contribution in [2.45, 2.75) is 26.4 Å². The molecule has 1 N–H and O–H groups in total. The minimum atomic E-state index is -0.438. The third-order valence-corrected chi connectivity index (χ3v) is 6.35. The molecule has 0 aliphatic carbocycles. The normalized spacial score (nSPS) is 10.9. The van der Waals surface area contributed by atoms with Crippen molar-refractivity contribution >= 4 is 17.2 Å². The highest BCUT2D eigenvalue weighted by Crippen LogP contribution is 2.20. The lowest BCUT2D eigenvalue weighted by atomic mass is 10.1. The van der Waals surface area contributed by atoms with Crippen LogP contribution in [0.3, 0.4) is 0 Å². The van der Waals surface area contributed by atoms with Gasteiger partial charge in [0.05, 0.1) is 11.5 Å². The standard InChI is InChI=1S/C31H31N3O3/c1-24-12-15-28(20-30(24)34(36)37)31(35)23-33(22-27-10-6-3-7-11-27)19-18-25-13-16-29(17-14-25)32-21-26-8-4-2-5-9-26/h2-17,20,32H,18-19,21-23H2,1H3. The Kier molecular flexibility index (Phi) is 8.79. The number of carbonyl (C=O) groups is 1. The number of carbonyl (C=O) groups excluding carboxylic acids is 1. The minimum absolute atomic E-state index is 0.0265. The Bertz CT molecular complexity index is 1320. The second-order valence-electron chi connectivity index (χ2n) is 9.16. The molecule has 4 aromatic rings. The molecular weight excluding hydrogens is 462 g/mol. The molecule has 0 saturated heterocycles. The third kappa shape index (κ3) is 7.59. The first-order valence-corrected chi connectivity index (χ1v) is 12.4. The van der Waals surface area contributed by atoms with Gasteiger partial charge in [0.25, 0.3) is 5.69 Å². The minimum Gasteiger partial charge on any atom is -0.381 e. The molecule has 0 saturated carbocycles. The molecule has 0 aliphatic rings. The number of ketones is 1. The van der Waals surface area contributed by atoms with E-state index in [0.29, 0.717) is 24.2 Å². The predicted molar refractivity (Wildman–Crippen MR) is 148 cm³/mol. The number of rotatable bonds is 12. The van der Waals surface area contributed by atoms with Crippen molar-refractivity contribution in [1.82, 2.24) is 4.90 Å². The van der Waals surface area contributed by atoms with Crippen molar-refractivity contribution in [2.75, 3.05) is 18.4 Å². The Labute approximate surface area is 217 Å². The summed E-state index contributed by atoms with van der Waals surface area (Å²) in [5.41, 5.74) is 5.47. The van der Waals surface area contributed by atoms with E-state index in [9.17, 15) is 14.9 Å². The average Bonchev–Trinajstić information content (AvgIpc) is 2.92. The Morgan fingerprint density at radius 3 is 2.14 bits per heavy atom. The maximum absolute atomic E-state index is 13.1. The second kappa shape index (κ2) is 12.6. The molecule has 0 spiro atoms. The van der Waals surface area contributed by atoms with Crippen molar-refractivity contribution in [1.29, 1.82) is 0 Å². The summed E-state index contributed by atoms with van der Waals surface area (Å²) in [7, 11) is 0. The molecule has 6 heteroatoms. The monoisotopic (exact) mass is 493 g/mol. The van der Waals surface area contributed by atoms with Gasteiger partial charge in [0.1, 0.15) is 0 Å². The van der Waals surface area contributed by atoms with Crippen LogP contribution in [0, 0.1) is 17.0 Å². The molecule has 0 aliphatic heterocycles. The fraction of sp³-hybridized carbons (Fsp3) is 0.194. The lowest BCUT2D eigenvalue weighted by molar-refractivity contribution is -0.385. The summed E-state index contributed by atoms with van der Waals surface area (Å²) in [5.74, 6) is -0.125. The smallest absolute Gasteiger partial charge is 0.273 e. The summed E-state index contributed by atoms with van der Waals surface area (Å²) in [6, 6.07) is 33.4. The fourth-order valence-electron chi connectivity index (χ4n) is 4.21. The van der Waals surface area contributed by atoms with E-state index in [1.54, 1.807) is 19.1 Å². The molecule has 0 unspecified atom stereocenters. The van der Waals surface area contributed by atoms with Crippen LogP contribution in [0.4, 0.5) is 11.4 Å². The predicted octanol–water partition coefficient (Wildman–Crippen LogP) is 6.44. The molecule has 0 atom stereocenters. The Morgan fingerprint density at radius 2 is 1.49 bits per heavy atom. The second-order valence-corrected chi connectivity index (χ2v) is 9.16. The largest absolute Gasteiger partial charge is 0.381 e. The Morgan fingerprint density at radius 1 is 0.838 bits per heavy atom. The summed E-state index contributed by atoms with van der Waals surface area (Å²) in [4.78, 5) is 26.1. The Balaban J connectivity index is 1.40. The van der Waals surface area contributed by atoms with Crippen molar-refractivity contribution in [3.05, 3.63) is 141 Å². The first-order chi connectivity index (χ1) is 18.0. The van der Waals surface area contributed by atoms with Crippen LogP contribution < -0.4 is 5.32 Å². The number of Topliss-reactive ketones (excluding diaryl/α,β-unsaturated/α-hetero) is 1. The molecule has 0 amide bonds. The average molecular weight is 494 g/mol. The summed E-state index contributed by atoms with van der Waals surface area (Å²) < 4.78 is 0. The highest BCUT2D eigenvalue weighted by molar-refractivity contribution is 5.98. The number of benzene rings is 4. The van der Waals surface area contributed by atoms with Crippen molar-refractivity contribution < 1.29 is 9.72 Å². The number of nitro benzene ring substituents is 1. The SMILES string of the molecule is Cc1ccc(C(=O)CN(CCc2ccc(NCc3ccccc3)cc2)Cc2ccccc2)cc1[N+](=O)[O-]. The highest BCUT2D eigenvalue weighted by Gasteiger charge is 2.18. The molecule has 4 rings (SSSR count). The van der Waals surface area contributed by atoms with Crippen LogP contribution in [0.5, 0.6) is 0 Å². The molecular formula is C31H31N3O3. The number of anilines is 1. The van der Waals surface area contributed by atoms with Crippen LogP contribution in [0.2, 0.25) is 0 Å². The summed E-state index contributed by atoms with van der Waals surface area (Å²) in [5, 5.41) is 14.8. The zero-order valence-corrected chi connectivity index (χ0v) is 21.0. The third-order valence-electron chi connectivity index (χ3n) is 6.35. The van der Waals surface area contributed by atoms with Crippen LogP contribution in [-0.2, 0) is 19.5 Å². The van der Waals surface area contributed by atoms with Gasteiger partial charge in [0.15, 0.2) is 5.78 Å². The lowest BCUT2D eigenvalue weighted by Gasteiger charge is -2.22. The summed E-state index contributed by atoms with van der Waals surface area (Å²) in [6.45, 7) is 3.94. The zero-order chi connectivity index (χ0) is 26.0. The first-order valence-electron chi connectivity index (χ1n) is 12.4. The molecule has 37 heavy (non-hydrogen) atoms. The van der Waals surface area contributed by atoms with Gasteiger partial charge in [-0.1, -0.05) is 84.9 Å². The quantitative estimate of drug-likeness (QED) is 0.140. The van der Waals surface area contributed by atoms with Crippen molar-refractivity contribution in [2.24, 2.45) is 0 Å². The number of nitrogens with zero attached hydrogens (tertiary/aromatic N) is 2. The molecule has 0 heterocycles. The van der Waals surface area contributed by atoms with Gasteiger partial charge in [-0.05, 0) is 42.2 Å². The van der Waals surface area contributed by atoms with E-state index in [-0.39, 0.29) is 18.0 Å². The molecule has 6 nitrogen and oxygen atoms in total. The van der Waals surface area contributed by atoms with Crippen molar-refractivity contribution in [3.8, 4) is 0 Å². The van der Waals surface area contributed by atoms with E-state index < -0.39 is 4.92 Å². The van der Waals surface area contributed by atoms with Crippen LogP contribution in [0.15, 0.2) is 103 Å². The van der Waals surface area contributed by atoms with Crippen LogP contribution in [0.25, 0.3) is 0 Å². The summed E-state index contributed by atoms with van der Waals surface area (Å²) in [6.07, 6.45) is 0.785. The van der Waals surface area contributed by atoms with E-state index in [2.05, 4.69) is 46.6 Å². The Hall–Kier alpha value is -4.29. The first kappa shape index (κ1) is 25.8. The molecule has 0 aromatic heterocycles. The van der Waals surface area contributed by atoms with Gasteiger partial charge in [-0.3, -0.25) is 19.8 Å². The van der Waals surface area contributed by atoms with E-state index in [0.717, 1.165) is 24.2 Å². The number of nitro groups is 1. The molecule has 0 fully saturated rings. The summed E-state index contributed by atoms with van der Waals surface area (Å²) >= 11 is 0. The fourth-order valence-corrected chi connectivity index (χ4v) is 4.21. The van der Waals surface area contributed by atoms with Gasteiger partial charge >= 0.3 is 0 Å². The number of hydrogen-bond acceptors (Lipinski definition) is 5. The van der Waals surface area contributed by atoms with Gasteiger partial charge in [-0.2, -0.15) is 0 Å². The number of nitrogens with one attached hydrogen (secondary N) is 1. The number of aryl methyl sites for hydroxylation is 1. The molecule has 188 valence electrons. The van der Waals surface area contributed by atoms with Gasteiger partial charge in [-0.15, -0.1) is 0 Å². The highest BCUT2D eigenvalue weighted by atomic mass is 16.6. The van der Waals surface area contributed by atoms with Crippen LogP contribution in [-0.4, -0.2) is 28.7 Å². The van der Waals surface area contributed by atoms with Crippen LogP contribution >= 0.6 is 0 Å². The molecule has 0 radical (unpaired) electrons. The van der Waals surface area contributed by atoms with Gasteiger partial charge < -0.3 is 5.32 Å². The van der Waals surface area contributed by atoms with E-state index in [1.807, 2.05) is 48.5 Å².